The van der Waals surface area contributed by atoms with Crippen LogP contribution in [0.3, 0.4) is 0 Å². The summed E-state index contributed by atoms with van der Waals surface area (Å²) in [4.78, 5) is 19.0. The molecule has 1 amide bonds. The third-order valence-corrected chi connectivity index (χ3v) is 6.73. The van der Waals surface area contributed by atoms with Gasteiger partial charge in [0.15, 0.2) is 5.13 Å². The van der Waals surface area contributed by atoms with Crippen molar-refractivity contribution in [3.8, 4) is 11.3 Å². The highest BCUT2D eigenvalue weighted by Gasteiger charge is 2.26. The molecule has 1 N–H and O–H groups in total. The second-order valence-corrected chi connectivity index (χ2v) is 10.6. The van der Waals surface area contributed by atoms with Crippen molar-refractivity contribution < 1.29 is 13.2 Å². The van der Waals surface area contributed by atoms with Crippen molar-refractivity contribution in [2.75, 3.05) is 17.7 Å². The van der Waals surface area contributed by atoms with Gasteiger partial charge in [0.25, 0.3) is 0 Å². The first-order chi connectivity index (χ1) is 13.7. The molecular weight excluding hydrogens is 406 g/mol. The lowest BCUT2D eigenvalue weighted by atomic mass is 10.0. The van der Waals surface area contributed by atoms with Crippen molar-refractivity contribution in [3.05, 3.63) is 35.2 Å². The first-order valence-electron chi connectivity index (χ1n) is 10.1. The fraction of sp³-hybridized carbons (Fsp3) is 0.524. The van der Waals surface area contributed by atoms with E-state index in [0.29, 0.717) is 18.5 Å². The number of carbonyl (C=O) groups excluding carboxylic acids is 1. The fourth-order valence-electron chi connectivity index (χ4n) is 3.70. The van der Waals surface area contributed by atoms with Gasteiger partial charge in [-0.1, -0.05) is 51.0 Å². The van der Waals surface area contributed by atoms with E-state index >= 15 is 0 Å². The molecule has 1 aromatic carbocycles. The maximum Gasteiger partial charge on any atom is 0.235 e. The highest BCUT2D eigenvalue weighted by molar-refractivity contribution is 7.89. The number of nitrogens with zero attached hydrogens (tertiary/aromatic N) is 2. The summed E-state index contributed by atoms with van der Waals surface area (Å²) in [5, 5.41) is 2.95. The number of nitrogens with one attached hydrogen (secondary N) is 1. The van der Waals surface area contributed by atoms with E-state index in [2.05, 4.69) is 53.1 Å². The quantitative estimate of drug-likeness (QED) is 0.674. The van der Waals surface area contributed by atoms with Crippen LogP contribution in [0.15, 0.2) is 29.6 Å². The van der Waals surface area contributed by atoms with E-state index in [1.165, 1.54) is 18.4 Å². The summed E-state index contributed by atoms with van der Waals surface area (Å²) >= 11 is 1.58. The van der Waals surface area contributed by atoms with Gasteiger partial charge in [0.1, 0.15) is 0 Å². The van der Waals surface area contributed by atoms with Gasteiger partial charge in [-0.2, -0.15) is 0 Å². The average molecular weight is 436 g/mol. The van der Waals surface area contributed by atoms with Gasteiger partial charge in [0.05, 0.1) is 11.9 Å². The monoisotopic (exact) mass is 435 g/mol. The predicted octanol–water partition coefficient (Wildman–Crippen LogP) is 4.15. The molecule has 0 atom stereocenters. The van der Waals surface area contributed by atoms with E-state index in [1.54, 1.807) is 11.3 Å². The smallest absolute Gasteiger partial charge is 0.235 e. The third-order valence-electron chi connectivity index (χ3n) is 5.26. The normalized spacial score (nSPS) is 15.0. The second kappa shape index (κ2) is 9.26. The summed E-state index contributed by atoms with van der Waals surface area (Å²) in [6.07, 6.45) is 5.62. The maximum absolute atomic E-state index is 12.0. The molecule has 0 bridgehead atoms. The predicted molar refractivity (Wildman–Crippen MR) is 119 cm³/mol. The second-order valence-electron chi connectivity index (χ2n) is 7.97. The zero-order valence-electron chi connectivity index (χ0n) is 17.2. The van der Waals surface area contributed by atoms with E-state index in [0.717, 1.165) is 35.5 Å². The van der Waals surface area contributed by atoms with Crippen LogP contribution in [-0.2, 0) is 14.8 Å². The summed E-state index contributed by atoms with van der Waals surface area (Å²) in [5.41, 5.74) is 3.32. The molecule has 1 saturated carbocycles. The van der Waals surface area contributed by atoms with Gasteiger partial charge in [-0.05, 0) is 24.3 Å². The van der Waals surface area contributed by atoms with E-state index in [4.69, 9.17) is 4.98 Å². The standard InChI is InChI=1S/C21H29N3O3S2/c1-15(2)16-8-10-17(11-9-16)19-14-28-21(22-19)24(18-6-4-5-7-18)13-12-20(25)23-29(3,26)27/h8-11,14-15,18H,4-7,12-13H2,1-3H3,(H,23,25). The highest BCUT2D eigenvalue weighted by atomic mass is 32.2. The van der Waals surface area contributed by atoms with Gasteiger partial charge in [-0.3, -0.25) is 9.52 Å². The molecule has 8 heteroatoms. The van der Waals surface area contributed by atoms with Crippen LogP contribution in [-0.4, -0.2) is 38.2 Å². The number of thiazole rings is 1. The van der Waals surface area contributed by atoms with Crippen molar-refractivity contribution in [3.63, 3.8) is 0 Å². The Hall–Kier alpha value is -1.93. The molecule has 1 aromatic heterocycles. The van der Waals surface area contributed by atoms with Crippen molar-refractivity contribution in [1.82, 2.24) is 9.71 Å². The first-order valence-corrected chi connectivity index (χ1v) is 12.8. The molecule has 0 saturated heterocycles. The minimum atomic E-state index is -3.53. The van der Waals surface area contributed by atoms with Crippen LogP contribution < -0.4 is 9.62 Å². The van der Waals surface area contributed by atoms with Gasteiger partial charge in [0.2, 0.25) is 15.9 Å². The van der Waals surface area contributed by atoms with Gasteiger partial charge < -0.3 is 4.90 Å². The van der Waals surface area contributed by atoms with E-state index < -0.39 is 15.9 Å². The van der Waals surface area contributed by atoms with Gasteiger partial charge >= 0.3 is 0 Å². The maximum atomic E-state index is 12.0. The number of aromatic nitrogens is 1. The summed E-state index contributed by atoms with van der Waals surface area (Å²) in [6, 6.07) is 8.84. The van der Waals surface area contributed by atoms with Crippen LogP contribution in [0.1, 0.15) is 57.4 Å². The molecule has 0 aliphatic heterocycles. The largest absolute Gasteiger partial charge is 0.345 e. The van der Waals surface area contributed by atoms with E-state index in [1.807, 2.05) is 0 Å². The van der Waals surface area contributed by atoms with E-state index in [-0.39, 0.29) is 6.42 Å². The number of hydrogen-bond acceptors (Lipinski definition) is 6. The van der Waals surface area contributed by atoms with Crippen molar-refractivity contribution in [1.29, 1.82) is 0 Å². The lowest BCUT2D eigenvalue weighted by Gasteiger charge is -2.28. The topological polar surface area (TPSA) is 79.4 Å². The van der Waals surface area contributed by atoms with Crippen molar-refractivity contribution in [2.45, 2.75) is 57.9 Å². The highest BCUT2D eigenvalue weighted by Crippen LogP contribution is 2.33. The minimum absolute atomic E-state index is 0.127. The molecule has 6 nitrogen and oxygen atoms in total. The molecule has 158 valence electrons. The Balaban J connectivity index is 1.75. The first kappa shape index (κ1) is 21.8. The number of carbonyl (C=O) groups is 1. The van der Waals surface area contributed by atoms with Gasteiger partial charge in [0, 0.05) is 30.0 Å². The summed E-state index contributed by atoms with van der Waals surface area (Å²) in [5.74, 6) is 0.0162. The van der Waals surface area contributed by atoms with Crippen LogP contribution >= 0.6 is 11.3 Å². The van der Waals surface area contributed by atoms with Crippen molar-refractivity contribution >= 4 is 32.4 Å². The Morgan fingerprint density at radius 3 is 2.48 bits per heavy atom. The molecular formula is C21H29N3O3S2. The fourth-order valence-corrected chi connectivity index (χ4v) is 5.15. The Morgan fingerprint density at radius 1 is 1.24 bits per heavy atom. The summed E-state index contributed by atoms with van der Waals surface area (Å²) in [6.45, 7) is 4.82. The average Bonchev–Trinajstić information content (AvgIpc) is 3.33. The number of benzene rings is 1. The van der Waals surface area contributed by atoms with Crippen LogP contribution in [0.5, 0.6) is 0 Å². The molecule has 0 radical (unpaired) electrons. The Labute approximate surface area is 177 Å². The van der Waals surface area contributed by atoms with Crippen LogP contribution in [0, 0.1) is 0 Å². The Bertz CT molecular complexity index is 930. The molecule has 3 rings (SSSR count). The van der Waals surface area contributed by atoms with Crippen molar-refractivity contribution in [2.24, 2.45) is 0 Å². The van der Waals surface area contributed by atoms with Crippen LogP contribution in [0.25, 0.3) is 11.3 Å². The molecule has 1 fully saturated rings. The summed E-state index contributed by atoms with van der Waals surface area (Å²) < 4.78 is 24.6. The zero-order chi connectivity index (χ0) is 21.0. The Kier molecular flexibility index (Phi) is 6.95. The number of hydrogen-bond donors (Lipinski definition) is 1. The van der Waals surface area contributed by atoms with E-state index in [9.17, 15) is 13.2 Å². The number of sulfonamides is 1. The Morgan fingerprint density at radius 2 is 1.90 bits per heavy atom. The van der Waals surface area contributed by atoms with Gasteiger partial charge in [-0.15, -0.1) is 11.3 Å². The SMILES string of the molecule is CC(C)c1ccc(-c2csc(N(CCC(=O)NS(C)(=O)=O)C3CCCC3)n2)cc1. The van der Waals surface area contributed by atoms with Crippen LogP contribution in [0.2, 0.25) is 0 Å². The number of amides is 1. The van der Waals surface area contributed by atoms with Crippen LogP contribution in [0.4, 0.5) is 5.13 Å². The molecule has 0 spiro atoms. The zero-order valence-corrected chi connectivity index (χ0v) is 18.9. The lowest BCUT2D eigenvalue weighted by Crippen LogP contribution is -2.38. The summed E-state index contributed by atoms with van der Waals surface area (Å²) in [7, 11) is -3.53. The molecule has 1 aliphatic carbocycles. The minimum Gasteiger partial charge on any atom is -0.345 e. The third kappa shape index (κ3) is 6.02. The molecule has 1 aliphatic rings. The number of rotatable bonds is 8. The van der Waals surface area contributed by atoms with Gasteiger partial charge in [-0.25, -0.2) is 13.4 Å². The molecule has 0 unspecified atom stereocenters. The molecule has 2 aromatic rings. The lowest BCUT2D eigenvalue weighted by molar-refractivity contribution is -0.119. The number of anilines is 1. The molecule has 29 heavy (non-hydrogen) atoms. The molecule has 1 heterocycles.